The van der Waals surface area contributed by atoms with Gasteiger partial charge in [-0.2, -0.15) is 0 Å². The minimum atomic E-state index is -1.35. The molecule has 1 aromatic rings. The van der Waals surface area contributed by atoms with Crippen molar-refractivity contribution in [3.8, 4) is 0 Å². The lowest BCUT2D eigenvalue weighted by Crippen LogP contribution is -2.32. The van der Waals surface area contributed by atoms with Gasteiger partial charge in [-0.15, -0.1) is 0 Å². The molecular weight excluding hydrogens is 338 g/mol. The van der Waals surface area contributed by atoms with Gasteiger partial charge in [-0.25, -0.2) is 4.90 Å². The van der Waals surface area contributed by atoms with E-state index in [1.165, 1.54) is 18.2 Å². The first-order valence-electron chi connectivity index (χ1n) is 6.54. The van der Waals surface area contributed by atoms with Gasteiger partial charge in [-0.1, -0.05) is 18.2 Å². The van der Waals surface area contributed by atoms with Crippen molar-refractivity contribution >= 4 is 39.4 Å². The number of fused-ring (bicyclic) bond motifs is 1. The van der Waals surface area contributed by atoms with Crippen molar-refractivity contribution in [2.75, 3.05) is 4.90 Å². The van der Waals surface area contributed by atoms with Crippen LogP contribution in [0.4, 0.5) is 5.69 Å². The molecule has 0 radical (unpaired) electrons. The highest BCUT2D eigenvalue weighted by Gasteiger charge is 2.48. The lowest BCUT2D eigenvalue weighted by Gasteiger charge is -2.18. The van der Waals surface area contributed by atoms with Gasteiger partial charge >= 0.3 is 0 Å². The largest absolute Gasteiger partial charge is 0.545 e. The summed E-state index contributed by atoms with van der Waals surface area (Å²) in [5.74, 6) is -2.58. The van der Waals surface area contributed by atoms with E-state index in [4.69, 9.17) is 0 Å². The summed E-state index contributed by atoms with van der Waals surface area (Å²) < 4.78 is 0.501. The van der Waals surface area contributed by atoms with Crippen LogP contribution >= 0.6 is 15.9 Å². The third-order valence-corrected chi connectivity index (χ3v) is 4.60. The minimum Gasteiger partial charge on any atom is -0.545 e. The third kappa shape index (κ3) is 2.19. The van der Waals surface area contributed by atoms with Crippen LogP contribution < -0.4 is 10.0 Å². The molecule has 0 spiro atoms. The summed E-state index contributed by atoms with van der Waals surface area (Å²) in [7, 11) is 0. The van der Waals surface area contributed by atoms with Crippen molar-refractivity contribution in [1.29, 1.82) is 0 Å². The van der Waals surface area contributed by atoms with Crippen LogP contribution in [0.15, 0.2) is 34.8 Å². The first kappa shape index (κ1) is 14.0. The lowest BCUT2D eigenvalue weighted by atomic mass is 9.85. The zero-order valence-corrected chi connectivity index (χ0v) is 12.5. The summed E-state index contributed by atoms with van der Waals surface area (Å²) in [6.45, 7) is 0. The van der Waals surface area contributed by atoms with Crippen LogP contribution in [0.1, 0.15) is 23.2 Å². The molecule has 0 unspecified atom stereocenters. The zero-order chi connectivity index (χ0) is 15.1. The maximum absolute atomic E-state index is 12.5. The Morgan fingerprint density at radius 2 is 1.71 bits per heavy atom. The van der Waals surface area contributed by atoms with Gasteiger partial charge in [-0.05, 0) is 46.5 Å². The van der Waals surface area contributed by atoms with E-state index in [-0.39, 0.29) is 34.9 Å². The van der Waals surface area contributed by atoms with Crippen molar-refractivity contribution in [2.24, 2.45) is 11.8 Å². The van der Waals surface area contributed by atoms with Gasteiger partial charge in [0.2, 0.25) is 11.8 Å². The number of carboxylic acid groups (broad SMARTS) is 1. The molecule has 0 saturated carbocycles. The molecule has 2 amide bonds. The predicted molar refractivity (Wildman–Crippen MR) is 76.3 cm³/mol. The number of allylic oxidation sites excluding steroid dienone is 2. The molecule has 1 aliphatic heterocycles. The van der Waals surface area contributed by atoms with E-state index >= 15 is 0 Å². The molecule has 1 aromatic carbocycles. The van der Waals surface area contributed by atoms with Gasteiger partial charge in [0.05, 0.1) is 23.5 Å². The second-order valence-electron chi connectivity index (χ2n) is 5.12. The molecule has 2 atom stereocenters. The number of carboxylic acids is 1. The highest BCUT2D eigenvalue weighted by molar-refractivity contribution is 9.10. The molecule has 1 fully saturated rings. The van der Waals surface area contributed by atoms with Crippen LogP contribution in [-0.4, -0.2) is 17.8 Å². The Morgan fingerprint density at radius 1 is 1.14 bits per heavy atom. The fraction of sp³-hybridized carbons (Fsp3) is 0.267. The molecule has 0 bridgehead atoms. The topological polar surface area (TPSA) is 77.5 Å². The molecule has 2 aliphatic rings. The summed E-state index contributed by atoms with van der Waals surface area (Å²) in [4.78, 5) is 37.0. The molecule has 6 heteroatoms. The molecule has 108 valence electrons. The number of halogens is 1. The molecule has 1 heterocycles. The van der Waals surface area contributed by atoms with E-state index in [0.717, 1.165) is 4.90 Å². The molecule has 0 aromatic heterocycles. The summed E-state index contributed by atoms with van der Waals surface area (Å²) in [6.07, 6.45) is 4.90. The normalized spacial score (nSPS) is 24.3. The standard InChI is InChI=1S/C15H12BrNO4/c16-11-6-5-8(15(20)21)7-12(11)17-13(18)9-3-1-2-4-10(9)14(17)19/h1-2,5-7,9-10H,3-4H2,(H,20,21)/p-1/t9-,10-/m0/s1. The monoisotopic (exact) mass is 348 g/mol. The molecule has 1 aliphatic carbocycles. The van der Waals surface area contributed by atoms with Crippen LogP contribution in [0.25, 0.3) is 0 Å². The van der Waals surface area contributed by atoms with Crippen molar-refractivity contribution in [3.63, 3.8) is 0 Å². The second kappa shape index (κ2) is 5.11. The highest BCUT2D eigenvalue weighted by Crippen LogP contribution is 2.40. The Labute approximate surface area is 129 Å². The number of amides is 2. The van der Waals surface area contributed by atoms with Crippen LogP contribution in [0.3, 0.4) is 0 Å². The molecule has 0 N–H and O–H groups in total. The van der Waals surface area contributed by atoms with E-state index in [0.29, 0.717) is 17.3 Å². The molecule has 1 saturated heterocycles. The van der Waals surface area contributed by atoms with Crippen LogP contribution in [0.5, 0.6) is 0 Å². The number of hydrogen-bond acceptors (Lipinski definition) is 4. The molecule has 5 nitrogen and oxygen atoms in total. The first-order valence-corrected chi connectivity index (χ1v) is 7.33. The number of benzene rings is 1. The van der Waals surface area contributed by atoms with Crippen LogP contribution in [0, 0.1) is 11.8 Å². The number of aromatic carboxylic acids is 1. The van der Waals surface area contributed by atoms with Gasteiger partial charge in [0.1, 0.15) is 0 Å². The minimum absolute atomic E-state index is 0.0678. The van der Waals surface area contributed by atoms with Gasteiger partial charge in [0, 0.05) is 4.47 Å². The molecule has 3 rings (SSSR count). The molecule has 21 heavy (non-hydrogen) atoms. The number of nitrogens with zero attached hydrogens (tertiary/aromatic N) is 1. The van der Waals surface area contributed by atoms with E-state index in [2.05, 4.69) is 15.9 Å². The Hall–Kier alpha value is -1.95. The zero-order valence-electron chi connectivity index (χ0n) is 10.9. The van der Waals surface area contributed by atoms with Crippen LogP contribution in [-0.2, 0) is 9.59 Å². The summed E-state index contributed by atoms with van der Waals surface area (Å²) in [6, 6.07) is 4.16. The quantitative estimate of drug-likeness (QED) is 0.595. The highest BCUT2D eigenvalue weighted by atomic mass is 79.9. The van der Waals surface area contributed by atoms with Crippen molar-refractivity contribution < 1.29 is 19.5 Å². The van der Waals surface area contributed by atoms with Crippen LogP contribution in [0.2, 0.25) is 0 Å². The first-order chi connectivity index (χ1) is 10.0. The second-order valence-corrected chi connectivity index (χ2v) is 5.98. The van der Waals surface area contributed by atoms with Gasteiger partial charge in [-0.3, -0.25) is 9.59 Å². The smallest absolute Gasteiger partial charge is 0.238 e. The SMILES string of the molecule is O=C([O-])c1ccc(Br)c(N2C(=O)[C@H]3CC=CC[C@@H]3C2=O)c1. The number of anilines is 1. The van der Waals surface area contributed by atoms with E-state index in [9.17, 15) is 19.5 Å². The number of carbonyl (C=O) groups is 3. The Kier molecular flexibility index (Phi) is 3.41. The van der Waals surface area contributed by atoms with E-state index < -0.39 is 5.97 Å². The Bertz CT molecular complexity index is 656. The summed E-state index contributed by atoms with van der Waals surface area (Å²) in [5, 5.41) is 11.0. The van der Waals surface area contributed by atoms with Gasteiger partial charge in [0.15, 0.2) is 0 Å². The number of hydrogen-bond donors (Lipinski definition) is 0. The Balaban J connectivity index is 2.05. The predicted octanol–water partition coefficient (Wildman–Crippen LogP) is 1.27. The average Bonchev–Trinajstić information content (AvgIpc) is 2.72. The van der Waals surface area contributed by atoms with Crippen molar-refractivity contribution in [2.45, 2.75) is 12.8 Å². The van der Waals surface area contributed by atoms with Gasteiger partial charge < -0.3 is 9.90 Å². The van der Waals surface area contributed by atoms with Crippen molar-refractivity contribution in [3.05, 3.63) is 40.4 Å². The average molecular weight is 349 g/mol. The lowest BCUT2D eigenvalue weighted by molar-refractivity contribution is -0.255. The van der Waals surface area contributed by atoms with Crippen molar-refractivity contribution in [1.82, 2.24) is 0 Å². The summed E-state index contributed by atoms with van der Waals surface area (Å²) >= 11 is 3.27. The summed E-state index contributed by atoms with van der Waals surface area (Å²) in [5.41, 5.74) is 0.197. The molecular formula is C15H11BrNO4-. The number of rotatable bonds is 2. The maximum Gasteiger partial charge on any atom is 0.238 e. The Morgan fingerprint density at radius 3 is 2.24 bits per heavy atom. The fourth-order valence-electron chi connectivity index (χ4n) is 2.85. The number of carbonyl (C=O) groups excluding carboxylic acids is 3. The maximum atomic E-state index is 12.5. The van der Waals surface area contributed by atoms with Gasteiger partial charge in [0.25, 0.3) is 0 Å². The van der Waals surface area contributed by atoms with E-state index in [1.807, 2.05) is 12.2 Å². The van der Waals surface area contributed by atoms with E-state index in [1.54, 1.807) is 0 Å². The third-order valence-electron chi connectivity index (χ3n) is 3.93. The number of imide groups is 1. The fourth-order valence-corrected chi connectivity index (χ4v) is 3.27.